The highest BCUT2D eigenvalue weighted by Gasteiger charge is 2.40. The standard InChI is InChI=1S/C14H13N3O3/c1-7-6-16-12(20-7)8(2)17-13(18)10-4-3-9(15)5-11(10)14(17)19/h3-6,8H,15H2,1-2H3. The van der Waals surface area contributed by atoms with Gasteiger partial charge >= 0.3 is 0 Å². The van der Waals surface area contributed by atoms with Crippen molar-refractivity contribution in [3.8, 4) is 0 Å². The predicted molar refractivity (Wildman–Crippen MR) is 71.0 cm³/mol. The molecule has 2 N–H and O–H groups in total. The third kappa shape index (κ3) is 1.69. The Morgan fingerprint density at radius 1 is 1.25 bits per heavy atom. The minimum atomic E-state index is -0.558. The fourth-order valence-electron chi connectivity index (χ4n) is 2.30. The summed E-state index contributed by atoms with van der Waals surface area (Å²) in [7, 11) is 0. The molecule has 0 radical (unpaired) electrons. The lowest BCUT2D eigenvalue weighted by Crippen LogP contribution is -2.32. The number of carbonyl (C=O) groups excluding carboxylic acids is 2. The molecule has 6 heteroatoms. The molecule has 1 aliphatic heterocycles. The summed E-state index contributed by atoms with van der Waals surface area (Å²) in [5.74, 6) is 0.242. The molecule has 1 aromatic carbocycles. The molecule has 0 spiro atoms. The van der Waals surface area contributed by atoms with Crippen molar-refractivity contribution in [2.75, 3.05) is 5.73 Å². The number of fused-ring (bicyclic) bond motifs is 1. The van der Waals surface area contributed by atoms with Crippen molar-refractivity contribution >= 4 is 17.5 Å². The highest BCUT2D eigenvalue weighted by molar-refractivity contribution is 6.21. The van der Waals surface area contributed by atoms with E-state index in [-0.39, 0.29) is 11.8 Å². The van der Waals surface area contributed by atoms with E-state index in [9.17, 15) is 9.59 Å². The summed E-state index contributed by atoms with van der Waals surface area (Å²) in [6.07, 6.45) is 1.56. The molecule has 1 aromatic heterocycles. The van der Waals surface area contributed by atoms with E-state index >= 15 is 0 Å². The molecule has 3 rings (SSSR count). The van der Waals surface area contributed by atoms with Crippen molar-refractivity contribution in [2.45, 2.75) is 19.9 Å². The number of nitrogens with two attached hydrogens (primary N) is 1. The Morgan fingerprint density at radius 2 is 1.95 bits per heavy atom. The van der Waals surface area contributed by atoms with Crippen LogP contribution in [0.25, 0.3) is 0 Å². The normalized spacial score (nSPS) is 15.6. The Hall–Kier alpha value is -2.63. The molecule has 2 heterocycles. The average molecular weight is 271 g/mol. The first-order valence-corrected chi connectivity index (χ1v) is 6.19. The Morgan fingerprint density at radius 3 is 2.60 bits per heavy atom. The van der Waals surface area contributed by atoms with Crippen LogP contribution in [0.15, 0.2) is 28.8 Å². The van der Waals surface area contributed by atoms with Gasteiger partial charge in [-0.1, -0.05) is 0 Å². The monoisotopic (exact) mass is 271 g/mol. The fraction of sp³-hybridized carbons (Fsp3) is 0.214. The molecule has 1 atom stereocenters. The Balaban J connectivity index is 2.01. The average Bonchev–Trinajstić information content (AvgIpc) is 2.93. The number of anilines is 1. The highest BCUT2D eigenvalue weighted by atomic mass is 16.4. The van der Waals surface area contributed by atoms with E-state index in [4.69, 9.17) is 10.2 Å². The molecule has 0 bridgehead atoms. The molecular formula is C14H13N3O3. The van der Waals surface area contributed by atoms with Gasteiger partial charge in [0.2, 0.25) is 5.89 Å². The zero-order chi connectivity index (χ0) is 14.4. The van der Waals surface area contributed by atoms with Gasteiger partial charge in [-0.2, -0.15) is 0 Å². The summed E-state index contributed by atoms with van der Waals surface area (Å²) >= 11 is 0. The van der Waals surface area contributed by atoms with Crippen molar-refractivity contribution in [3.63, 3.8) is 0 Å². The Kier molecular flexibility index (Phi) is 2.60. The third-order valence-electron chi connectivity index (χ3n) is 3.33. The van der Waals surface area contributed by atoms with E-state index in [0.29, 0.717) is 28.5 Å². The van der Waals surface area contributed by atoms with E-state index in [1.165, 1.54) is 6.07 Å². The van der Waals surface area contributed by atoms with Crippen LogP contribution in [0.3, 0.4) is 0 Å². The molecule has 20 heavy (non-hydrogen) atoms. The lowest BCUT2D eigenvalue weighted by Gasteiger charge is -2.19. The van der Waals surface area contributed by atoms with Gasteiger partial charge in [0.05, 0.1) is 17.3 Å². The minimum absolute atomic E-state index is 0.324. The SMILES string of the molecule is Cc1cnc(C(C)N2C(=O)c3ccc(N)cc3C2=O)o1. The van der Waals surface area contributed by atoms with Gasteiger partial charge in [0.1, 0.15) is 11.8 Å². The molecule has 0 saturated heterocycles. The summed E-state index contributed by atoms with van der Waals surface area (Å²) in [5.41, 5.74) is 6.80. The quantitative estimate of drug-likeness (QED) is 0.665. The molecule has 102 valence electrons. The number of hydrogen-bond donors (Lipinski definition) is 1. The van der Waals surface area contributed by atoms with Crippen molar-refractivity contribution in [1.82, 2.24) is 9.88 Å². The van der Waals surface area contributed by atoms with E-state index < -0.39 is 6.04 Å². The van der Waals surface area contributed by atoms with Crippen molar-refractivity contribution in [1.29, 1.82) is 0 Å². The minimum Gasteiger partial charge on any atom is -0.444 e. The second-order valence-electron chi connectivity index (χ2n) is 4.77. The molecule has 0 saturated carbocycles. The first kappa shape index (κ1) is 12.4. The van der Waals surface area contributed by atoms with Crippen molar-refractivity contribution in [3.05, 3.63) is 47.2 Å². The highest BCUT2D eigenvalue weighted by Crippen LogP contribution is 2.31. The number of nitrogens with zero attached hydrogens (tertiary/aromatic N) is 2. The second kappa shape index (κ2) is 4.19. The van der Waals surface area contributed by atoms with Gasteiger partial charge in [0.25, 0.3) is 11.8 Å². The van der Waals surface area contributed by atoms with Gasteiger partial charge in [-0.3, -0.25) is 14.5 Å². The largest absolute Gasteiger partial charge is 0.444 e. The predicted octanol–water partition coefficient (Wildman–Crippen LogP) is 1.92. The summed E-state index contributed by atoms with van der Waals surface area (Å²) in [5, 5.41) is 0. The maximum atomic E-state index is 12.4. The van der Waals surface area contributed by atoms with Crippen LogP contribution in [0.1, 0.15) is 45.3 Å². The zero-order valence-corrected chi connectivity index (χ0v) is 11.1. The number of carbonyl (C=O) groups is 2. The molecule has 0 aliphatic carbocycles. The molecule has 2 amide bonds. The number of nitrogen functional groups attached to an aromatic ring is 1. The van der Waals surface area contributed by atoms with Gasteiger partial charge in [-0.05, 0) is 32.0 Å². The van der Waals surface area contributed by atoms with Crippen LogP contribution in [0.4, 0.5) is 5.69 Å². The molecule has 0 fully saturated rings. The molecular weight excluding hydrogens is 258 g/mol. The van der Waals surface area contributed by atoms with E-state index in [2.05, 4.69) is 4.98 Å². The summed E-state index contributed by atoms with van der Waals surface area (Å²) in [6.45, 7) is 3.46. The van der Waals surface area contributed by atoms with Crippen LogP contribution in [-0.2, 0) is 0 Å². The van der Waals surface area contributed by atoms with E-state index in [1.807, 2.05) is 0 Å². The summed E-state index contributed by atoms with van der Waals surface area (Å²) < 4.78 is 5.40. The maximum absolute atomic E-state index is 12.4. The smallest absolute Gasteiger partial charge is 0.262 e. The van der Waals surface area contributed by atoms with Crippen LogP contribution < -0.4 is 5.73 Å². The van der Waals surface area contributed by atoms with Gasteiger partial charge in [-0.15, -0.1) is 0 Å². The van der Waals surface area contributed by atoms with Crippen LogP contribution in [-0.4, -0.2) is 21.7 Å². The number of hydrogen-bond acceptors (Lipinski definition) is 5. The van der Waals surface area contributed by atoms with Gasteiger partial charge in [-0.25, -0.2) is 4.98 Å². The van der Waals surface area contributed by atoms with Gasteiger partial charge < -0.3 is 10.2 Å². The molecule has 2 aromatic rings. The van der Waals surface area contributed by atoms with Crippen molar-refractivity contribution in [2.24, 2.45) is 0 Å². The Bertz CT molecular complexity index is 720. The lowest BCUT2D eigenvalue weighted by molar-refractivity contribution is 0.0572. The van der Waals surface area contributed by atoms with E-state index in [0.717, 1.165) is 4.90 Å². The maximum Gasteiger partial charge on any atom is 0.262 e. The molecule has 6 nitrogen and oxygen atoms in total. The lowest BCUT2D eigenvalue weighted by atomic mass is 10.1. The summed E-state index contributed by atoms with van der Waals surface area (Å²) in [6, 6.07) is 4.13. The number of oxazole rings is 1. The number of aromatic nitrogens is 1. The number of rotatable bonds is 2. The van der Waals surface area contributed by atoms with Gasteiger partial charge in [0.15, 0.2) is 0 Å². The number of imide groups is 1. The van der Waals surface area contributed by atoms with E-state index in [1.54, 1.807) is 32.2 Å². The fourth-order valence-corrected chi connectivity index (χ4v) is 2.30. The third-order valence-corrected chi connectivity index (χ3v) is 3.33. The Labute approximate surface area is 115 Å². The van der Waals surface area contributed by atoms with Crippen LogP contribution in [0, 0.1) is 6.92 Å². The van der Waals surface area contributed by atoms with Crippen LogP contribution >= 0.6 is 0 Å². The summed E-state index contributed by atoms with van der Waals surface area (Å²) in [4.78, 5) is 29.9. The number of benzene rings is 1. The van der Waals surface area contributed by atoms with Crippen molar-refractivity contribution < 1.29 is 14.0 Å². The second-order valence-corrected chi connectivity index (χ2v) is 4.77. The number of amides is 2. The first-order valence-electron chi connectivity index (χ1n) is 6.19. The van der Waals surface area contributed by atoms with Crippen LogP contribution in [0.2, 0.25) is 0 Å². The zero-order valence-electron chi connectivity index (χ0n) is 11.1. The molecule has 1 unspecified atom stereocenters. The molecule has 1 aliphatic rings. The topological polar surface area (TPSA) is 89.4 Å². The number of aryl methyl sites for hydroxylation is 1. The first-order chi connectivity index (χ1) is 9.49. The van der Waals surface area contributed by atoms with Crippen LogP contribution in [0.5, 0.6) is 0 Å². The van der Waals surface area contributed by atoms with Gasteiger partial charge in [0, 0.05) is 5.69 Å².